The number of hydrogen-bond donors (Lipinski definition) is 2. The second kappa shape index (κ2) is 4.27. The van der Waals surface area contributed by atoms with Gasteiger partial charge in [-0.05, 0) is 11.4 Å². The van der Waals surface area contributed by atoms with Crippen molar-refractivity contribution in [2.45, 2.75) is 6.54 Å². The van der Waals surface area contributed by atoms with Crippen molar-refractivity contribution in [2.75, 3.05) is 11.1 Å². The van der Waals surface area contributed by atoms with Crippen LogP contribution in [0, 0.1) is 0 Å². The van der Waals surface area contributed by atoms with Gasteiger partial charge in [0.25, 0.3) is 0 Å². The zero-order valence-electron chi connectivity index (χ0n) is 8.75. The lowest BCUT2D eigenvalue weighted by Crippen LogP contribution is -2.03. The molecule has 0 saturated heterocycles. The zero-order chi connectivity index (χ0) is 11.7. The molecular formula is C10H9N5S2. The molecule has 3 rings (SSSR count). The second-order valence-electron chi connectivity index (χ2n) is 3.39. The molecule has 0 radical (unpaired) electrons. The number of nitrogen functional groups attached to an aromatic ring is 1. The van der Waals surface area contributed by atoms with Gasteiger partial charge in [0.05, 0.1) is 22.3 Å². The van der Waals surface area contributed by atoms with E-state index in [0.717, 1.165) is 20.9 Å². The van der Waals surface area contributed by atoms with Crippen LogP contribution in [-0.2, 0) is 6.54 Å². The lowest BCUT2D eigenvalue weighted by molar-refractivity contribution is 1.13. The Kier molecular flexibility index (Phi) is 2.62. The molecule has 3 heterocycles. The third-order valence-electron chi connectivity index (χ3n) is 2.23. The van der Waals surface area contributed by atoms with Crippen molar-refractivity contribution < 1.29 is 0 Å². The molecule has 3 N–H and O–H groups in total. The minimum atomic E-state index is 0.294. The van der Waals surface area contributed by atoms with E-state index in [1.807, 2.05) is 23.2 Å². The normalized spacial score (nSPS) is 10.8. The lowest BCUT2D eigenvalue weighted by Gasteiger charge is -2.05. The maximum atomic E-state index is 5.67. The van der Waals surface area contributed by atoms with E-state index in [1.165, 1.54) is 0 Å². The summed E-state index contributed by atoms with van der Waals surface area (Å²) < 4.78 is 1.03. The number of fused-ring (bicyclic) bond motifs is 1. The average Bonchev–Trinajstić information content (AvgIpc) is 2.95. The summed E-state index contributed by atoms with van der Waals surface area (Å²) in [5.74, 6) is 1.08. The highest BCUT2D eigenvalue weighted by atomic mass is 32.1. The Labute approximate surface area is 105 Å². The SMILES string of the molecule is Nc1nc(NCc2cncs2)c2sccc2n1. The van der Waals surface area contributed by atoms with Gasteiger partial charge in [-0.25, -0.2) is 4.98 Å². The van der Waals surface area contributed by atoms with Crippen molar-refractivity contribution in [2.24, 2.45) is 0 Å². The van der Waals surface area contributed by atoms with Crippen molar-refractivity contribution in [1.82, 2.24) is 15.0 Å². The Morgan fingerprint density at radius 2 is 2.24 bits per heavy atom. The van der Waals surface area contributed by atoms with Crippen molar-refractivity contribution in [3.8, 4) is 0 Å². The van der Waals surface area contributed by atoms with Gasteiger partial charge < -0.3 is 11.1 Å². The number of nitrogens with zero attached hydrogens (tertiary/aromatic N) is 3. The highest BCUT2D eigenvalue weighted by Crippen LogP contribution is 2.27. The van der Waals surface area contributed by atoms with Gasteiger partial charge in [0, 0.05) is 11.1 Å². The van der Waals surface area contributed by atoms with Crippen LogP contribution in [0.3, 0.4) is 0 Å². The molecule has 5 nitrogen and oxygen atoms in total. The Balaban J connectivity index is 1.91. The van der Waals surface area contributed by atoms with E-state index < -0.39 is 0 Å². The average molecular weight is 263 g/mol. The van der Waals surface area contributed by atoms with Gasteiger partial charge in [0.2, 0.25) is 5.95 Å². The number of hydrogen-bond acceptors (Lipinski definition) is 7. The first kappa shape index (κ1) is 10.4. The van der Waals surface area contributed by atoms with Gasteiger partial charge in [0.15, 0.2) is 0 Å². The smallest absolute Gasteiger partial charge is 0.222 e. The number of nitrogens with one attached hydrogen (secondary N) is 1. The fraction of sp³-hybridized carbons (Fsp3) is 0.100. The van der Waals surface area contributed by atoms with Crippen LogP contribution in [0.5, 0.6) is 0 Å². The minimum Gasteiger partial charge on any atom is -0.368 e. The molecule has 0 aliphatic rings. The molecule has 0 saturated carbocycles. The molecule has 0 aliphatic heterocycles. The summed E-state index contributed by atoms with van der Waals surface area (Å²) in [6.45, 7) is 0.703. The molecule has 0 bridgehead atoms. The van der Waals surface area contributed by atoms with Crippen molar-refractivity contribution in [3.63, 3.8) is 0 Å². The fourth-order valence-electron chi connectivity index (χ4n) is 1.50. The maximum absolute atomic E-state index is 5.67. The number of thiazole rings is 1. The highest BCUT2D eigenvalue weighted by Gasteiger charge is 2.07. The molecule has 0 aliphatic carbocycles. The van der Waals surface area contributed by atoms with Gasteiger partial charge in [-0.15, -0.1) is 22.7 Å². The molecule has 0 amide bonds. The number of rotatable bonds is 3. The molecule has 0 fully saturated rings. The number of aromatic nitrogens is 3. The van der Waals surface area contributed by atoms with Gasteiger partial charge in [-0.2, -0.15) is 4.98 Å². The Bertz CT molecular complexity index is 631. The molecule has 0 spiro atoms. The standard InChI is InChI=1S/C10H9N5S2/c11-10-14-7-1-2-16-8(7)9(15-10)13-4-6-3-12-5-17-6/h1-3,5H,4H2,(H3,11,13,14,15). The zero-order valence-corrected chi connectivity index (χ0v) is 10.4. The highest BCUT2D eigenvalue weighted by molar-refractivity contribution is 7.17. The third-order valence-corrected chi connectivity index (χ3v) is 3.92. The lowest BCUT2D eigenvalue weighted by atomic mass is 10.4. The van der Waals surface area contributed by atoms with Crippen molar-refractivity contribution in [3.05, 3.63) is 28.0 Å². The predicted molar refractivity (Wildman–Crippen MR) is 71.3 cm³/mol. The van der Waals surface area contributed by atoms with E-state index >= 15 is 0 Å². The molecular weight excluding hydrogens is 254 g/mol. The largest absolute Gasteiger partial charge is 0.368 e. The summed E-state index contributed by atoms with van der Waals surface area (Å²) in [4.78, 5) is 13.6. The van der Waals surface area contributed by atoms with Crippen LogP contribution in [0.4, 0.5) is 11.8 Å². The Morgan fingerprint density at radius 1 is 1.29 bits per heavy atom. The molecule has 0 atom stereocenters. The Morgan fingerprint density at radius 3 is 3.06 bits per heavy atom. The summed E-state index contributed by atoms with van der Waals surface area (Å²) in [5, 5.41) is 5.25. The van der Waals surface area contributed by atoms with Crippen LogP contribution in [-0.4, -0.2) is 15.0 Å². The van der Waals surface area contributed by atoms with Crippen molar-refractivity contribution >= 4 is 44.7 Å². The van der Waals surface area contributed by atoms with Crippen LogP contribution >= 0.6 is 22.7 Å². The number of nitrogens with two attached hydrogens (primary N) is 1. The van der Waals surface area contributed by atoms with Gasteiger partial charge in [-0.3, -0.25) is 4.98 Å². The molecule has 7 heteroatoms. The summed E-state index contributed by atoms with van der Waals surface area (Å²) in [6.07, 6.45) is 1.84. The quantitative estimate of drug-likeness (QED) is 0.758. The Hall–Kier alpha value is -1.73. The summed E-state index contributed by atoms with van der Waals surface area (Å²) >= 11 is 3.21. The van der Waals surface area contributed by atoms with Crippen LogP contribution in [0.1, 0.15) is 4.88 Å². The van der Waals surface area contributed by atoms with E-state index in [4.69, 9.17) is 5.73 Å². The van der Waals surface area contributed by atoms with Crippen LogP contribution in [0.15, 0.2) is 23.2 Å². The van der Waals surface area contributed by atoms with E-state index in [0.29, 0.717) is 12.5 Å². The first-order valence-corrected chi connectivity index (χ1v) is 6.71. The molecule has 3 aromatic rings. The fourth-order valence-corrected chi connectivity index (χ4v) is 2.83. The second-order valence-corrected chi connectivity index (χ2v) is 5.27. The molecule has 17 heavy (non-hydrogen) atoms. The molecule has 3 aromatic heterocycles. The monoisotopic (exact) mass is 263 g/mol. The third kappa shape index (κ3) is 2.06. The van der Waals surface area contributed by atoms with Gasteiger partial charge in [-0.1, -0.05) is 0 Å². The first-order chi connectivity index (χ1) is 8.33. The van der Waals surface area contributed by atoms with Crippen molar-refractivity contribution in [1.29, 1.82) is 0 Å². The number of anilines is 2. The summed E-state index contributed by atoms with van der Waals surface area (Å²) in [6, 6.07) is 1.94. The first-order valence-electron chi connectivity index (χ1n) is 4.95. The number of thiophene rings is 1. The van der Waals surface area contributed by atoms with Gasteiger partial charge >= 0.3 is 0 Å². The van der Waals surface area contributed by atoms with E-state index in [1.54, 1.807) is 22.7 Å². The molecule has 0 unspecified atom stereocenters. The predicted octanol–water partition coefficient (Wildman–Crippen LogP) is 2.34. The summed E-state index contributed by atoms with van der Waals surface area (Å²) in [5.41, 5.74) is 8.36. The van der Waals surface area contributed by atoms with Crippen LogP contribution in [0.25, 0.3) is 10.2 Å². The minimum absolute atomic E-state index is 0.294. The van der Waals surface area contributed by atoms with Gasteiger partial charge in [0.1, 0.15) is 5.82 Å². The van der Waals surface area contributed by atoms with E-state index in [9.17, 15) is 0 Å². The molecule has 0 aromatic carbocycles. The van der Waals surface area contributed by atoms with Crippen LogP contribution in [0.2, 0.25) is 0 Å². The summed E-state index contributed by atoms with van der Waals surface area (Å²) in [7, 11) is 0. The molecule has 86 valence electrons. The van der Waals surface area contributed by atoms with E-state index in [2.05, 4.69) is 20.3 Å². The van der Waals surface area contributed by atoms with Crippen LogP contribution < -0.4 is 11.1 Å². The topological polar surface area (TPSA) is 76.7 Å². The van der Waals surface area contributed by atoms with E-state index in [-0.39, 0.29) is 0 Å². The maximum Gasteiger partial charge on any atom is 0.222 e.